The number of hydrogen-bond donors (Lipinski definition) is 1. The zero-order chi connectivity index (χ0) is 20.8. The molecule has 1 N–H and O–H groups in total. The van der Waals surface area contributed by atoms with Crippen LogP contribution in [0.4, 0.5) is 5.82 Å². The van der Waals surface area contributed by atoms with Gasteiger partial charge in [-0.3, -0.25) is 9.36 Å². The third kappa shape index (κ3) is 4.76. The molecule has 0 saturated carbocycles. The summed E-state index contributed by atoms with van der Waals surface area (Å²) in [6.45, 7) is 2.23. The van der Waals surface area contributed by atoms with Crippen LogP contribution in [-0.4, -0.2) is 52.2 Å². The number of piperidine rings is 1. The highest BCUT2D eigenvalue weighted by Gasteiger charge is 2.25. The lowest BCUT2D eigenvalue weighted by atomic mass is 9.96. The number of nitrogens with one attached hydrogen (secondary N) is 1. The maximum absolute atomic E-state index is 12.6. The molecule has 30 heavy (non-hydrogen) atoms. The number of aromatic nitrogens is 4. The maximum atomic E-state index is 12.6. The lowest BCUT2D eigenvalue weighted by molar-refractivity contribution is -0.125. The van der Waals surface area contributed by atoms with Crippen LogP contribution < -0.4 is 15.0 Å². The molecule has 8 heteroatoms. The smallest absolute Gasteiger partial charge is 0.223 e. The fraction of sp³-hybridized carbons (Fsp3) is 0.364. The SMILES string of the molecule is COc1cccc(CCNC(=O)C2CCN(c3cc(-n4ccnc4)ncn3)CC2)c1. The van der Waals surface area contributed by atoms with E-state index < -0.39 is 0 Å². The van der Waals surface area contributed by atoms with Crippen LogP contribution in [0.3, 0.4) is 0 Å². The van der Waals surface area contributed by atoms with Gasteiger partial charge in [0.05, 0.1) is 7.11 Å². The van der Waals surface area contributed by atoms with Gasteiger partial charge in [0.2, 0.25) is 5.91 Å². The lowest BCUT2D eigenvalue weighted by Crippen LogP contribution is -2.41. The Bertz CT molecular complexity index is 967. The molecule has 3 heterocycles. The standard InChI is InChI=1S/C22H26N6O2/c1-30-19-4-2-3-17(13-19)5-8-24-22(29)18-6-10-27(11-7-18)20-14-21(26-15-25-20)28-12-9-23-16-28/h2-4,9,12-16,18H,5-8,10-11H2,1H3,(H,24,29). The van der Waals surface area contributed by atoms with Gasteiger partial charge in [-0.25, -0.2) is 15.0 Å². The van der Waals surface area contributed by atoms with Crippen molar-refractivity contribution in [1.29, 1.82) is 0 Å². The largest absolute Gasteiger partial charge is 0.497 e. The van der Waals surface area contributed by atoms with E-state index in [4.69, 9.17) is 4.74 Å². The van der Waals surface area contributed by atoms with E-state index in [-0.39, 0.29) is 11.8 Å². The van der Waals surface area contributed by atoms with Crippen LogP contribution in [0.15, 0.2) is 55.4 Å². The first-order valence-corrected chi connectivity index (χ1v) is 10.2. The summed E-state index contributed by atoms with van der Waals surface area (Å²) < 4.78 is 7.10. The van der Waals surface area contributed by atoms with Crippen molar-refractivity contribution >= 4 is 11.7 Å². The Hall–Kier alpha value is -3.42. The number of benzene rings is 1. The van der Waals surface area contributed by atoms with Crippen molar-refractivity contribution in [3.8, 4) is 11.6 Å². The van der Waals surface area contributed by atoms with E-state index >= 15 is 0 Å². The summed E-state index contributed by atoms with van der Waals surface area (Å²) in [7, 11) is 1.66. The van der Waals surface area contributed by atoms with Gasteiger partial charge >= 0.3 is 0 Å². The van der Waals surface area contributed by atoms with Crippen molar-refractivity contribution < 1.29 is 9.53 Å². The number of methoxy groups -OCH3 is 1. The van der Waals surface area contributed by atoms with Crippen molar-refractivity contribution in [2.75, 3.05) is 31.6 Å². The van der Waals surface area contributed by atoms with Crippen molar-refractivity contribution in [3.63, 3.8) is 0 Å². The van der Waals surface area contributed by atoms with Crippen LogP contribution in [0.5, 0.6) is 5.75 Å². The summed E-state index contributed by atoms with van der Waals surface area (Å²) in [6.07, 6.45) is 9.29. The molecule has 1 aliphatic heterocycles. The molecule has 0 bridgehead atoms. The van der Waals surface area contributed by atoms with E-state index in [1.807, 2.05) is 41.1 Å². The second kappa shape index (κ2) is 9.39. The molecule has 2 aromatic heterocycles. The van der Waals surface area contributed by atoms with Gasteiger partial charge in [-0.05, 0) is 37.0 Å². The normalized spacial score (nSPS) is 14.5. The third-order valence-corrected chi connectivity index (χ3v) is 5.44. The monoisotopic (exact) mass is 406 g/mol. The average Bonchev–Trinajstić information content (AvgIpc) is 3.34. The number of rotatable bonds is 7. The van der Waals surface area contributed by atoms with E-state index in [9.17, 15) is 4.79 Å². The minimum atomic E-state index is 0.0431. The Labute approximate surface area is 175 Å². The van der Waals surface area contributed by atoms with Gasteiger partial charge in [0.1, 0.15) is 30.0 Å². The van der Waals surface area contributed by atoms with E-state index in [1.54, 1.807) is 26.0 Å². The van der Waals surface area contributed by atoms with E-state index in [0.717, 1.165) is 55.3 Å². The maximum Gasteiger partial charge on any atom is 0.223 e. The molecule has 0 radical (unpaired) electrons. The Kier molecular flexibility index (Phi) is 6.22. The molecule has 8 nitrogen and oxygen atoms in total. The number of amides is 1. The predicted molar refractivity (Wildman–Crippen MR) is 114 cm³/mol. The van der Waals surface area contributed by atoms with E-state index in [0.29, 0.717) is 6.54 Å². The number of ether oxygens (including phenoxy) is 1. The van der Waals surface area contributed by atoms with Crippen molar-refractivity contribution in [1.82, 2.24) is 24.8 Å². The second-order valence-electron chi connectivity index (χ2n) is 7.36. The molecular weight excluding hydrogens is 380 g/mol. The summed E-state index contributed by atoms with van der Waals surface area (Å²) >= 11 is 0. The molecule has 1 amide bonds. The molecule has 1 saturated heterocycles. The van der Waals surface area contributed by atoms with Gasteiger partial charge < -0.3 is 15.0 Å². The quantitative estimate of drug-likeness (QED) is 0.648. The molecule has 0 aliphatic carbocycles. The highest BCUT2D eigenvalue weighted by molar-refractivity contribution is 5.79. The van der Waals surface area contributed by atoms with Crippen LogP contribution >= 0.6 is 0 Å². The van der Waals surface area contributed by atoms with Crippen LogP contribution in [0.25, 0.3) is 5.82 Å². The highest BCUT2D eigenvalue weighted by Crippen LogP contribution is 2.23. The second-order valence-corrected chi connectivity index (χ2v) is 7.36. The number of hydrogen-bond acceptors (Lipinski definition) is 6. The molecule has 4 rings (SSSR count). The van der Waals surface area contributed by atoms with E-state index in [1.165, 1.54) is 0 Å². The van der Waals surface area contributed by atoms with Crippen molar-refractivity contribution in [3.05, 3.63) is 60.9 Å². The first-order valence-electron chi connectivity index (χ1n) is 10.2. The number of nitrogens with zero attached hydrogens (tertiary/aromatic N) is 5. The molecule has 0 atom stereocenters. The van der Waals surface area contributed by atoms with Gasteiger partial charge in [-0.2, -0.15) is 0 Å². The summed E-state index contributed by atoms with van der Waals surface area (Å²) in [5, 5.41) is 3.09. The zero-order valence-corrected chi connectivity index (χ0v) is 17.1. The molecule has 3 aromatic rings. The minimum Gasteiger partial charge on any atom is -0.497 e. The summed E-state index contributed by atoms with van der Waals surface area (Å²) in [4.78, 5) is 27.6. The third-order valence-electron chi connectivity index (χ3n) is 5.44. The first-order chi connectivity index (χ1) is 14.7. The van der Waals surface area contributed by atoms with Crippen LogP contribution in [0.2, 0.25) is 0 Å². The van der Waals surface area contributed by atoms with E-state index in [2.05, 4.69) is 25.2 Å². The number of carbonyl (C=O) groups excluding carboxylic acids is 1. The fourth-order valence-electron chi connectivity index (χ4n) is 3.72. The number of imidazole rings is 1. The average molecular weight is 406 g/mol. The van der Waals surface area contributed by atoms with Gasteiger partial charge in [0.15, 0.2) is 0 Å². The molecule has 0 unspecified atom stereocenters. The van der Waals surface area contributed by atoms with Crippen LogP contribution in [0.1, 0.15) is 18.4 Å². The molecule has 1 aromatic carbocycles. The first kappa shape index (κ1) is 19.9. The van der Waals surface area contributed by atoms with Crippen LogP contribution in [0, 0.1) is 5.92 Å². The molecular formula is C22H26N6O2. The Balaban J connectivity index is 1.26. The Morgan fingerprint density at radius 3 is 2.80 bits per heavy atom. The van der Waals surface area contributed by atoms with Gasteiger partial charge in [-0.1, -0.05) is 12.1 Å². The van der Waals surface area contributed by atoms with Gasteiger partial charge in [0.25, 0.3) is 0 Å². The molecule has 0 spiro atoms. The van der Waals surface area contributed by atoms with Gasteiger partial charge in [-0.15, -0.1) is 0 Å². The summed E-state index contributed by atoms with van der Waals surface area (Å²) in [6, 6.07) is 9.90. The summed E-state index contributed by atoms with van der Waals surface area (Å²) in [5.74, 6) is 2.69. The Morgan fingerprint density at radius 2 is 2.03 bits per heavy atom. The highest BCUT2D eigenvalue weighted by atomic mass is 16.5. The summed E-state index contributed by atoms with van der Waals surface area (Å²) in [5.41, 5.74) is 1.15. The lowest BCUT2D eigenvalue weighted by Gasteiger charge is -2.32. The van der Waals surface area contributed by atoms with Crippen molar-refractivity contribution in [2.24, 2.45) is 5.92 Å². The molecule has 1 fully saturated rings. The molecule has 156 valence electrons. The zero-order valence-electron chi connectivity index (χ0n) is 17.1. The number of carbonyl (C=O) groups is 1. The Morgan fingerprint density at radius 1 is 1.20 bits per heavy atom. The van der Waals surface area contributed by atoms with Crippen molar-refractivity contribution in [2.45, 2.75) is 19.3 Å². The topological polar surface area (TPSA) is 85.2 Å². The predicted octanol–water partition coefficient (Wildman–Crippen LogP) is 2.25. The van der Waals surface area contributed by atoms with Gasteiger partial charge in [0, 0.05) is 44.0 Å². The number of anilines is 1. The fourth-order valence-corrected chi connectivity index (χ4v) is 3.72. The minimum absolute atomic E-state index is 0.0431. The van der Waals surface area contributed by atoms with Crippen LogP contribution in [-0.2, 0) is 11.2 Å². The molecule has 1 aliphatic rings.